The summed E-state index contributed by atoms with van der Waals surface area (Å²) < 4.78 is 19.8. The highest BCUT2D eigenvalue weighted by molar-refractivity contribution is 7.18. The number of anilines is 1. The molecule has 0 unspecified atom stereocenters. The Morgan fingerprint density at radius 2 is 1.76 bits per heavy atom. The molecule has 5 nitrogen and oxygen atoms in total. The zero-order chi connectivity index (χ0) is 20.2. The number of aryl methyl sites for hydroxylation is 1. The van der Waals surface area contributed by atoms with Gasteiger partial charge in [-0.05, 0) is 49.4 Å². The Morgan fingerprint density at radius 1 is 1.00 bits per heavy atom. The van der Waals surface area contributed by atoms with Crippen molar-refractivity contribution in [3.05, 3.63) is 89.7 Å². The van der Waals surface area contributed by atoms with Crippen LogP contribution < -0.4 is 10.1 Å². The Hall–Kier alpha value is -3.58. The van der Waals surface area contributed by atoms with Crippen LogP contribution in [-0.2, 0) is 0 Å². The van der Waals surface area contributed by atoms with Gasteiger partial charge in [-0.15, -0.1) is 10.2 Å². The van der Waals surface area contributed by atoms with Crippen LogP contribution >= 0.6 is 11.3 Å². The van der Waals surface area contributed by atoms with E-state index in [1.165, 1.54) is 17.4 Å². The van der Waals surface area contributed by atoms with E-state index in [0.29, 0.717) is 27.0 Å². The van der Waals surface area contributed by atoms with Crippen molar-refractivity contribution < 1.29 is 13.9 Å². The average molecular weight is 405 g/mol. The fourth-order valence-corrected chi connectivity index (χ4v) is 3.33. The molecule has 0 radical (unpaired) electrons. The van der Waals surface area contributed by atoms with E-state index in [1.54, 1.807) is 36.4 Å². The summed E-state index contributed by atoms with van der Waals surface area (Å²) in [6, 6.07) is 20.7. The van der Waals surface area contributed by atoms with Gasteiger partial charge in [-0.1, -0.05) is 47.2 Å². The van der Waals surface area contributed by atoms with E-state index in [9.17, 15) is 9.18 Å². The van der Waals surface area contributed by atoms with Gasteiger partial charge in [0.15, 0.2) is 11.6 Å². The molecule has 4 aromatic rings. The first-order valence-electron chi connectivity index (χ1n) is 8.83. The van der Waals surface area contributed by atoms with Crippen molar-refractivity contribution in [3.8, 4) is 22.1 Å². The van der Waals surface area contributed by atoms with Crippen LogP contribution in [0.2, 0.25) is 0 Å². The lowest BCUT2D eigenvalue weighted by Gasteiger charge is -2.07. The fourth-order valence-electron chi connectivity index (χ4n) is 2.59. The van der Waals surface area contributed by atoms with Gasteiger partial charge in [0.2, 0.25) is 5.13 Å². The largest absolute Gasteiger partial charge is 0.454 e. The molecule has 1 heterocycles. The van der Waals surface area contributed by atoms with Gasteiger partial charge in [0.1, 0.15) is 10.8 Å². The molecule has 0 spiro atoms. The van der Waals surface area contributed by atoms with Crippen LogP contribution in [0.1, 0.15) is 15.9 Å². The Bertz CT molecular complexity index is 1140. The molecule has 1 amide bonds. The molecule has 4 rings (SSSR count). The minimum atomic E-state index is -0.477. The summed E-state index contributed by atoms with van der Waals surface area (Å²) in [6.45, 7) is 1.96. The van der Waals surface area contributed by atoms with Crippen LogP contribution in [-0.4, -0.2) is 16.1 Å². The van der Waals surface area contributed by atoms with Crippen molar-refractivity contribution >= 4 is 22.4 Å². The van der Waals surface area contributed by atoms with Gasteiger partial charge in [0.05, 0.1) is 0 Å². The lowest BCUT2D eigenvalue weighted by Crippen LogP contribution is -2.11. The fraction of sp³-hybridized carbons (Fsp3) is 0.0455. The number of ether oxygens (including phenoxy) is 1. The van der Waals surface area contributed by atoms with Crippen LogP contribution in [0.4, 0.5) is 9.52 Å². The quantitative estimate of drug-likeness (QED) is 0.463. The molecule has 0 saturated carbocycles. The zero-order valence-electron chi connectivity index (χ0n) is 15.4. The predicted octanol–water partition coefficient (Wildman–Crippen LogP) is 5.70. The van der Waals surface area contributed by atoms with Crippen molar-refractivity contribution in [2.24, 2.45) is 0 Å². The number of nitrogens with one attached hydrogen (secondary N) is 1. The zero-order valence-corrected chi connectivity index (χ0v) is 16.2. The molecular weight excluding hydrogens is 389 g/mol. The molecule has 0 bridgehead atoms. The van der Waals surface area contributed by atoms with Gasteiger partial charge in [-0.25, -0.2) is 4.39 Å². The molecule has 7 heteroatoms. The highest BCUT2D eigenvalue weighted by atomic mass is 32.1. The van der Waals surface area contributed by atoms with Crippen molar-refractivity contribution in [1.29, 1.82) is 0 Å². The number of halogens is 1. The number of hydrogen-bond donors (Lipinski definition) is 1. The molecule has 1 N–H and O–H groups in total. The second-order valence-electron chi connectivity index (χ2n) is 6.29. The maximum atomic E-state index is 14.1. The molecule has 0 aliphatic rings. The normalized spacial score (nSPS) is 10.6. The lowest BCUT2D eigenvalue weighted by molar-refractivity contribution is 0.102. The highest BCUT2D eigenvalue weighted by Gasteiger charge is 2.14. The molecule has 0 atom stereocenters. The van der Waals surface area contributed by atoms with Gasteiger partial charge >= 0.3 is 0 Å². The van der Waals surface area contributed by atoms with Gasteiger partial charge in [-0.3, -0.25) is 10.1 Å². The van der Waals surface area contributed by atoms with E-state index >= 15 is 0 Å². The van der Waals surface area contributed by atoms with E-state index in [4.69, 9.17) is 4.74 Å². The maximum Gasteiger partial charge on any atom is 0.257 e. The summed E-state index contributed by atoms with van der Waals surface area (Å²) in [5.41, 5.74) is 2.25. The smallest absolute Gasteiger partial charge is 0.257 e. The SMILES string of the molecule is Cc1ccc(C(=O)Nc2nnc(-c3ccc(F)c(Oc4ccccc4)c3)s2)cc1. The number of carbonyl (C=O) groups is 1. The monoisotopic (exact) mass is 405 g/mol. The number of amides is 1. The Balaban J connectivity index is 1.52. The lowest BCUT2D eigenvalue weighted by atomic mass is 10.1. The number of benzene rings is 3. The van der Waals surface area contributed by atoms with Crippen LogP contribution in [0.5, 0.6) is 11.5 Å². The molecule has 0 saturated heterocycles. The third-order valence-corrected chi connectivity index (χ3v) is 5.00. The number of nitrogens with zero attached hydrogens (tertiary/aromatic N) is 2. The Kier molecular flexibility index (Phi) is 5.31. The minimum Gasteiger partial charge on any atom is -0.454 e. The maximum absolute atomic E-state index is 14.1. The number of aromatic nitrogens is 2. The van der Waals surface area contributed by atoms with Crippen LogP contribution in [0.15, 0.2) is 72.8 Å². The molecule has 1 aromatic heterocycles. The first-order valence-corrected chi connectivity index (χ1v) is 9.64. The number of para-hydroxylation sites is 1. The standard InChI is InChI=1S/C22H16FN3O2S/c1-14-7-9-15(10-8-14)20(27)24-22-26-25-21(29-22)16-11-12-18(23)19(13-16)28-17-5-3-2-4-6-17/h2-13H,1H3,(H,24,26,27). The van der Waals surface area contributed by atoms with E-state index in [2.05, 4.69) is 15.5 Å². The third kappa shape index (κ3) is 4.47. The summed E-state index contributed by atoms with van der Waals surface area (Å²) >= 11 is 1.20. The average Bonchev–Trinajstić information content (AvgIpc) is 3.19. The summed E-state index contributed by atoms with van der Waals surface area (Å²) in [5, 5.41) is 11.8. The van der Waals surface area contributed by atoms with Gasteiger partial charge in [-0.2, -0.15) is 0 Å². The van der Waals surface area contributed by atoms with Crippen molar-refractivity contribution in [2.75, 3.05) is 5.32 Å². The van der Waals surface area contributed by atoms with Crippen LogP contribution in [0.25, 0.3) is 10.6 Å². The Morgan fingerprint density at radius 3 is 2.52 bits per heavy atom. The first kappa shape index (κ1) is 18.8. The molecule has 0 fully saturated rings. The molecule has 0 aliphatic heterocycles. The summed E-state index contributed by atoms with van der Waals surface area (Å²) in [7, 11) is 0. The molecule has 144 valence electrons. The minimum absolute atomic E-state index is 0.0918. The molecule has 3 aromatic carbocycles. The van der Waals surface area contributed by atoms with Gasteiger partial charge < -0.3 is 4.74 Å². The predicted molar refractivity (Wildman–Crippen MR) is 111 cm³/mol. The molecular formula is C22H16FN3O2S. The summed E-state index contributed by atoms with van der Waals surface area (Å²) in [6.07, 6.45) is 0. The van der Waals surface area contributed by atoms with Gasteiger partial charge in [0, 0.05) is 11.1 Å². The highest BCUT2D eigenvalue weighted by Crippen LogP contribution is 2.32. The van der Waals surface area contributed by atoms with E-state index < -0.39 is 5.82 Å². The van der Waals surface area contributed by atoms with Crippen LogP contribution in [0.3, 0.4) is 0 Å². The van der Waals surface area contributed by atoms with E-state index in [-0.39, 0.29) is 11.7 Å². The van der Waals surface area contributed by atoms with E-state index in [1.807, 2.05) is 37.3 Å². The topological polar surface area (TPSA) is 64.1 Å². The number of carbonyl (C=O) groups excluding carboxylic acids is 1. The second-order valence-corrected chi connectivity index (χ2v) is 7.27. The Labute approximate surface area is 170 Å². The van der Waals surface area contributed by atoms with Crippen molar-refractivity contribution in [2.45, 2.75) is 6.92 Å². The third-order valence-electron chi connectivity index (χ3n) is 4.11. The second kappa shape index (κ2) is 8.20. The first-order chi connectivity index (χ1) is 14.1. The summed E-state index contributed by atoms with van der Waals surface area (Å²) in [4.78, 5) is 12.3. The number of rotatable bonds is 5. The molecule has 29 heavy (non-hydrogen) atoms. The number of hydrogen-bond acceptors (Lipinski definition) is 5. The van der Waals surface area contributed by atoms with Gasteiger partial charge in [0.25, 0.3) is 5.91 Å². The van der Waals surface area contributed by atoms with Crippen LogP contribution in [0, 0.1) is 12.7 Å². The van der Waals surface area contributed by atoms with E-state index in [0.717, 1.165) is 5.56 Å². The summed E-state index contributed by atoms with van der Waals surface area (Å²) in [5.74, 6) is -0.115. The van der Waals surface area contributed by atoms with Crippen molar-refractivity contribution in [3.63, 3.8) is 0 Å². The van der Waals surface area contributed by atoms with Crippen molar-refractivity contribution in [1.82, 2.24) is 10.2 Å². The molecule has 0 aliphatic carbocycles.